The van der Waals surface area contributed by atoms with E-state index in [2.05, 4.69) is 122 Å². The van der Waals surface area contributed by atoms with Crippen molar-refractivity contribution < 1.29 is 8.83 Å². The molecular formula is C52H33N3O2. The van der Waals surface area contributed by atoms with Crippen LogP contribution in [0.3, 0.4) is 0 Å². The van der Waals surface area contributed by atoms with Gasteiger partial charge in [0.05, 0.1) is 0 Å². The predicted octanol–water partition coefficient (Wildman–Crippen LogP) is 13.2. The van der Waals surface area contributed by atoms with Crippen LogP contribution in [0.15, 0.2) is 167 Å². The summed E-state index contributed by atoms with van der Waals surface area (Å²) in [5.41, 5.74) is 9.86. The highest BCUT2D eigenvalue weighted by molar-refractivity contribution is 6.22. The summed E-state index contributed by atoms with van der Waals surface area (Å²) < 4.78 is 13.0. The first-order valence-electron chi connectivity index (χ1n) is 19.5. The zero-order valence-electron chi connectivity index (χ0n) is 31.0. The average molecular weight is 732 g/mol. The van der Waals surface area contributed by atoms with Gasteiger partial charge in [-0.3, -0.25) is 0 Å². The van der Waals surface area contributed by atoms with Gasteiger partial charge in [-0.2, -0.15) is 0 Å². The summed E-state index contributed by atoms with van der Waals surface area (Å²) in [5, 5.41) is 9.52. The quantitative estimate of drug-likeness (QED) is 0.165. The number of rotatable bonds is 5. The van der Waals surface area contributed by atoms with Crippen LogP contribution in [-0.2, 0) is 0 Å². The fourth-order valence-corrected chi connectivity index (χ4v) is 8.91. The first-order chi connectivity index (χ1) is 28.1. The van der Waals surface area contributed by atoms with Crippen molar-refractivity contribution in [1.29, 1.82) is 0 Å². The van der Waals surface area contributed by atoms with Crippen molar-refractivity contribution in [2.75, 3.05) is 0 Å². The van der Waals surface area contributed by atoms with Crippen molar-refractivity contribution in [3.8, 4) is 56.4 Å². The van der Waals surface area contributed by atoms with E-state index in [1.807, 2.05) is 48.5 Å². The molecule has 12 rings (SSSR count). The van der Waals surface area contributed by atoms with Crippen LogP contribution in [-0.4, -0.2) is 15.0 Å². The minimum atomic E-state index is 0.367. The van der Waals surface area contributed by atoms with Gasteiger partial charge in [-0.15, -0.1) is 0 Å². The molecule has 11 aromatic rings. The molecule has 1 unspecified atom stereocenters. The topological polar surface area (TPSA) is 65.0 Å². The van der Waals surface area contributed by atoms with Crippen LogP contribution >= 0.6 is 0 Å². The smallest absolute Gasteiger partial charge is 0.164 e. The Balaban J connectivity index is 1.03. The second-order valence-corrected chi connectivity index (χ2v) is 15.1. The SMILES string of the molecule is CC1CC=c2c3ccc(-c4ccc5oc6cccc(-c7nc(-c8ccccc8)nc(-c8ccc(-c9ccccc9)cc8)n7)c6c5c4)cc3c3cccc4oc1c2c43. The number of aromatic nitrogens is 3. The van der Waals surface area contributed by atoms with Crippen molar-refractivity contribution in [2.45, 2.75) is 19.3 Å². The predicted molar refractivity (Wildman–Crippen MR) is 232 cm³/mol. The van der Waals surface area contributed by atoms with Crippen LogP contribution in [0.25, 0.3) is 117 Å². The van der Waals surface area contributed by atoms with Crippen molar-refractivity contribution in [1.82, 2.24) is 15.0 Å². The van der Waals surface area contributed by atoms with E-state index in [9.17, 15) is 0 Å². The van der Waals surface area contributed by atoms with Gasteiger partial charge < -0.3 is 8.83 Å². The molecule has 1 atom stereocenters. The highest BCUT2D eigenvalue weighted by atomic mass is 16.3. The van der Waals surface area contributed by atoms with Crippen molar-refractivity contribution >= 4 is 60.5 Å². The van der Waals surface area contributed by atoms with Gasteiger partial charge >= 0.3 is 0 Å². The summed E-state index contributed by atoms with van der Waals surface area (Å²) in [7, 11) is 0. The molecule has 268 valence electrons. The monoisotopic (exact) mass is 731 g/mol. The van der Waals surface area contributed by atoms with E-state index < -0.39 is 0 Å². The van der Waals surface area contributed by atoms with Crippen molar-refractivity contribution in [3.05, 3.63) is 169 Å². The molecule has 0 spiro atoms. The Morgan fingerprint density at radius 2 is 1.02 bits per heavy atom. The zero-order chi connectivity index (χ0) is 37.6. The summed E-state index contributed by atoms with van der Waals surface area (Å²) in [6, 6.07) is 54.9. The maximum absolute atomic E-state index is 6.52. The molecule has 0 saturated heterocycles. The number of hydrogen-bond acceptors (Lipinski definition) is 5. The van der Waals surface area contributed by atoms with E-state index in [-0.39, 0.29) is 0 Å². The van der Waals surface area contributed by atoms with Crippen LogP contribution in [0.5, 0.6) is 0 Å². The summed E-state index contributed by atoms with van der Waals surface area (Å²) >= 11 is 0. The molecule has 0 N–H and O–H groups in total. The maximum Gasteiger partial charge on any atom is 0.164 e. The van der Waals surface area contributed by atoms with Gasteiger partial charge in [0.15, 0.2) is 17.5 Å². The minimum Gasteiger partial charge on any atom is -0.460 e. The lowest BCUT2D eigenvalue weighted by atomic mass is 9.88. The Bertz CT molecular complexity index is 3440. The van der Waals surface area contributed by atoms with E-state index in [0.29, 0.717) is 23.4 Å². The van der Waals surface area contributed by atoms with Gasteiger partial charge in [0.2, 0.25) is 0 Å². The van der Waals surface area contributed by atoms with E-state index in [1.54, 1.807) is 0 Å². The number of furan rings is 2. The first-order valence-corrected chi connectivity index (χ1v) is 19.5. The van der Waals surface area contributed by atoms with E-state index in [4.69, 9.17) is 23.8 Å². The molecule has 5 nitrogen and oxygen atoms in total. The highest BCUT2D eigenvalue weighted by Crippen LogP contribution is 2.42. The molecule has 0 saturated carbocycles. The zero-order valence-corrected chi connectivity index (χ0v) is 31.0. The molecule has 5 heteroatoms. The van der Waals surface area contributed by atoms with Gasteiger partial charge in [0.1, 0.15) is 22.5 Å². The first kappa shape index (κ1) is 31.9. The molecule has 0 radical (unpaired) electrons. The normalized spacial score (nSPS) is 13.9. The van der Waals surface area contributed by atoms with Crippen molar-refractivity contribution in [3.63, 3.8) is 0 Å². The Labute approximate surface area is 327 Å². The molecule has 57 heavy (non-hydrogen) atoms. The molecule has 0 bridgehead atoms. The second-order valence-electron chi connectivity index (χ2n) is 15.1. The standard InChI is InChI=1S/C52H33N3O2/c1-30-18-25-39-37-26-23-35(28-41(37)38-14-8-17-45-47(38)48(39)49(30)57-45)36-24-27-43-42(29-36)46-40(15-9-16-44(46)56-43)52-54-50(33-12-6-3-7-13-33)53-51(55-52)34-21-19-32(20-22-34)31-10-4-2-5-11-31/h2-17,19-30H,18H2,1H3. The summed E-state index contributed by atoms with van der Waals surface area (Å²) in [5.74, 6) is 3.31. The summed E-state index contributed by atoms with van der Waals surface area (Å²) in [4.78, 5) is 15.3. The Hall–Kier alpha value is -7.37. The fraction of sp³-hybridized carbons (Fsp3) is 0.0577. The Morgan fingerprint density at radius 1 is 0.421 bits per heavy atom. The number of nitrogens with zero attached hydrogens (tertiary/aromatic N) is 3. The van der Waals surface area contributed by atoms with E-state index in [0.717, 1.165) is 78.6 Å². The molecule has 1 aliphatic rings. The highest BCUT2D eigenvalue weighted by Gasteiger charge is 2.24. The third kappa shape index (κ3) is 4.99. The number of hydrogen-bond donors (Lipinski definition) is 0. The minimum absolute atomic E-state index is 0.367. The van der Waals surface area contributed by atoms with Crippen LogP contribution in [0.2, 0.25) is 0 Å². The average Bonchev–Trinajstić information content (AvgIpc) is 3.87. The van der Waals surface area contributed by atoms with Gasteiger partial charge in [-0.25, -0.2) is 15.0 Å². The summed E-state index contributed by atoms with van der Waals surface area (Å²) in [6.07, 6.45) is 3.37. The lowest BCUT2D eigenvalue weighted by molar-refractivity contribution is 0.514. The van der Waals surface area contributed by atoms with Gasteiger partial charge in [0, 0.05) is 44.2 Å². The Kier molecular flexibility index (Phi) is 6.90. The van der Waals surface area contributed by atoms with Crippen LogP contribution in [0.1, 0.15) is 25.0 Å². The maximum atomic E-state index is 6.52. The molecule has 3 aromatic heterocycles. The largest absolute Gasteiger partial charge is 0.460 e. The van der Waals surface area contributed by atoms with Gasteiger partial charge in [0.25, 0.3) is 0 Å². The third-order valence-electron chi connectivity index (χ3n) is 11.7. The fourth-order valence-electron chi connectivity index (χ4n) is 8.91. The van der Waals surface area contributed by atoms with Crippen LogP contribution in [0.4, 0.5) is 0 Å². The molecule has 3 heterocycles. The van der Waals surface area contributed by atoms with Crippen molar-refractivity contribution in [2.24, 2.45) is 0 Å². The molecule has 0 fully saturated rings. The molecule has 8 aromatic carbocycles. The lowest BCUT2D eigenvalue weighted by Gasteiger charge is -2.15. The van der Waals surface area contributed by atoms with Crippen LogP contribution in [0, 0.1) is 0 Å². The van der Waals surface area contributed by atoms with Gasteiger partial charge in [-0.1, -0.05) is 140 Å². The summed E-state index contributed by atoms with van der Waals surface area (Å²) in [6.45, 7) is 2.26. The van der Waals surface area contributed by atoms with Crippen LogP contribution < -0.4 is 5.22 Å². The van der Waals surface area contributed by atoms with E-state index in [1.165, 1.54) is 32.1 Å². The molecule has 0 amide bonds. The lowest BCUT2D eigenvalue weighted by Crippen LogP contribution is -2.11. The van der Waals surface area contributed by atoms with E-state index >= 15 is 0 Å². The number of fused-ring (bicyclic) bond motifs is 6. The molecular weight excluding hydrogens is 699 g/mol. The van der Waals surface area contributed by atoms with Gasteiger partial charge in [-0.05, 0) is 80.4 Å². The second kappa shape index (κ2) is 12.3. The molecule has 1 aliphatic carbocycles. The molecule has 0 aliphatic heterocycles. The Morgan fingerprint density at radius 3 is 1.79 bits per heavy atom. The number of benzene rings is 8. The third-order valence-corrected chi connectivity index (χ3v) is 11.7.